The molecule has 0 saturated heterocycles. The van der Waals surface area contributed by atoms with Gasteiger partial charge in [-0.05, 0) is 48.0 Å². The van der Waals surface area contributed by atoms with Gasteiger partial charge in [-0.1, -0.05) is 6.92 Å². The van der Waals surface area contributed by atoms with E-state index in [0.29, 0.717) is 11.1 Å². The van der Waals surface area contributed by atoms with Crippen molar-refractivity contribution in [3.05, 3.63) is 22.6 Å². The molecule has 1 atom stereocenters. The van der Waals surface area contributed by atoms with Gasteiger partial charge in [0.2, 0.25) is 0 Å². The van der Waals surface area contributed by atoms with E-state index in [1.165, 1.54) is 0 Å². The molecule has 0 amide bonds. The molecule has 0 bridgehead atoms. The van der Waals surface area contributed by atoms with Gasteiger partial charge < -0.3 is 9.73 Å². The molecule has 0 spiro atoms. The second-order valence-electron chi connectivity index (χ2n) is 3.86. The maximum absolute atomic E-state index is 11.4. The van der Waals surface area contributed by atoms with Gasteiger partial charge in [-0.3, -0.25) is 0 Å². The third-order valence-electron chi connectivity index (χ3n) is 2.67. The molecule has 6 heteroatoms. The molecule has 0 aliphatic rings. The van der Waals surface area contributed by atoms with Crippen LogP contribution in [0, 0.1) is 0 Å². The van der Waals surface area contributed by atoms with Gasteiger partial charge in [0, 0.05) is 5.75 Å². The molecule has 1 aromatic heterocycles. The van der Waals surface area contributed by atoms with Gasteiger partial charge in [0.25, 0.3) is 0 Å². The quantitative estimate of drug-likeness (QED) is 0.837. The number of nitrogens with one attached hydrogen (secondary N) is 1. The third-order valence-corrected chi connectivity index (χ3v) is 4.89. The highest BCUT2D eigenvalue weighted by molar-refractivity contribution is 9.10. The smallest absolute Gasteiger partial charge is 0.169 e. The minimum atomic E-state index is -2.87. The van der Waals surface area contributed by atoms with Crippen LogP contribution in [0.25, 0.3) is 0 Å². The van der Waals surface area contributed by atoms with E-state index in [-0.39, 0.29) is 17.5 Å². The predicted molar refractivity (Wildman–Crippen MR) is 71.8 cm³/mol. The molecule has 0 saturated carbocycles. The fourth-order valence-corrected chi connectivity index (χ4v) is 2.81. The van der Waals surface area contributed by atoms with E-state index in [1.807, 2.05) is 19.2 Å². The predicted octanol–water partition coefficient (Wildman–Crippen LogP) is 2.52. The van der Waals surface area contributed by atoms with Crippen LogP contribution >= 0.6 is 15.9 Å². The maximum atomic E-state index is 11.4. The second kappa shape index (κ2) is 6.56. The van der Waals surface area contributed by atoms with Gasteiger partial charge in [-0.15, -0.1) is 0 Å². The molecule has 1 heterocycles. The van der Waals surface area contributed by atoms with Crippen molar-refractivity contribution in [3.63, 3.8) is 0 Å². The monoisotopic (exact) mass is 323 g/mol. The molecule has 0 aliphatic carbocycles. The van der Waals surface area contributed by atoms with E-state index in [9.17, 15) is 8.42 Å². The Kier molecular flexibility index (Phi) is 5.69. The second-order valence-corrected chi connectivity index (χ2v) is 7.12. The summed E-state index contributed by atoms with van der Waals surface area (Å²) in [5.74, 6) is 1.28. The average molecular weight is 324 g/mol. The standard InChI is InChI=1S/C11H18BrNO3S/c1-3-17(14,15)8-4-5-9(13-2)10-6-7-11(12)16-10/h6-7,9,13H,3-5,8H2,1-2H3. The van der Waals surface area contributed by atoms with Crippen molar-refractivity contribution >= 4 is 25.8 Å². The Bertz CT molecular complexity index is 441. The van der Waals surface area contributed by atoms with Crippen LogP contribution in [0.4, 0.5) is 0 Å². The van der Waals surface area contributed by atoms with Crippen LogP contribution in [0.2, 0.25) is 0 Å². The van der Waals surface area contributed by atoms with Gasteiger partial charge in [0.1, 0.15) is 15.6 Å². The summed E-state index contributed by atoms with van der Waals surface area (Å²) in [6, 6.07) is 3.79. The molecule has 0 radical (unpaired) electrons. The lowest BCUT2D eigenvalue weighted by Crippen LogP contribution is -2.17. The van der Waals surface area contributed by atoms with Gasteiger partial charge in [-0.2, -0.15) is 0 Å². The average Bonchev–Trinajstić information content (AvgIpc) is 2.71. The first-order valence-corrected chi connectivity index (χ1v) is 8.23. The topological polar surface area (TPSA) is 59.3 Å². The van der Waals surface area contributed by atoms with Crippen LogP contribution < -0.4 is 5.32 Å². The van der Waals surface area contributed by atoms with Gasteiger partial charge in [-0.25, -0.2) is 8.42 Å². The van der Waals surface area contributed by atoms with Crippen molar-refractivity contribution in [2.24, 2.45) is 0 Å². The number of hydrogen-bond donors (Lipinski definition) is 1. The Morgan fingerprint density at radius 2 is 2.18 bits per heavy atom. The van der Waals surface area contributed by atoms with Crippen LogP contribution in [-0.4, -0.2) is 27.0 Å². The van der Waals surface area contributed by atoms with E-state index in [0.717, 1.165) is 12.2 Å². The fraction of sp³-hybridized carbons (Fsp3) is 0.636. The Morgan fingerprint density at radius 1 is 1.47 bits per heavy atom. The SMILES string of the molecule is CCS(=O)(=O)CCCC(NC)c1ccc(Br)o1. The number of hydrogen-bond acceptors (Lipinski definition) is 4. The number of sulfone groups is 1. The summed E-state index contributed by atoms with van der Waals surface area (Å²) in [5.41, 5.74) is 0. The van der Waals surface area contributed by atoms with Crippen molar-refractivity contribution in [1.29, 1.82) is 0 Å². The van der Waals surface area contributed by atoms with Crippen molar-refractivity contribution in [1.82, 2.24) is 5.32 Å². The molecule has 4 nitrogen and oxygen atoms in total. The molecular weight excluding hydrogens is 306 g/mol. The van der Waals surface area contributed by atoms with E-state index < -0.39 is 9.84 Å². The molecule has 0 fully saturated rings. The lowest BCUT2D eigenvalue weighted by molar-refractivity contribution is 0.401. The summed E-state index contributed by atoms with van der Waals surface area (Å²) in [4.78, 5) is 0. The van der Waals surface area contributed by atoms with E-state index in [2.05, 4.69) is 21.2 Å². The molecular formula is C11H18BrNO3S. The number of furan rings is 1. The summed E-state index contributed by atoms with van der Waals surface area (Å²) in [7, 11) is -1.03. The summed E-state index contributed by atoms with van der Waals surface area (Å²) in [6.07, 6.45) is 1.38. The fourth-order valence-electron chi connectivity index (χ4n) is 1.60. The van der Waals surface area contributed by atoms with Gasteiger partial charge in [0.05, 0.1) is 11.8 Å². The molecule has 1 N–H and O–H groups in total. The van der Waals surface area contributed by atoms with Crippen LogP contribution in [-0.2, 0) is 9.84 Å². The molecule has 17 heavy (non-hydrogen) atoms. The zero-order valence-electron chi connectivity index (χ0n) is 10.1. The number of rotatable bonds is 7. The molecule has 1 unspecified atom stereocenters. The summed E-state index contributed by atoms with van der Waals surface area (Å²) in [6.45, 7) is 1.68. The molecule has 1 aromatic rings. The molecule has 0 aliphatic heterocycles. The molecule has 98 valence electrons. The van der Waals surface area contributed by atoms with Crippen molar-refractivity contribution in [2.75, 3.05) is 18.6 Å². The summed E-state index contributed by atoms with van der Waals surface area (Å²) >= 11 is 3.25. The van der Waals surface area contributed by atoms with Crippen LogP contribution in [0.15, 0.2) is 21.2 Å². The first-order valence-electron chi connectivity index (χ1n) is 5.61. The molecule has 0 aromatic carbocycles. The Balaban J connectivity index is 2.49. The van der Waals surface area contributed by atoms with Crippen molar-refractivity contribution in [3.8, 4) is 0 Å². The maximum Gasteiger partial charge on any atom is 0.169 e. The highest BCUT2D eigenvalue weighted by Gasteiger charge is 2.15. The number of halogens is 1. The van der Waals surface area contributed by atoms with E-state index in [1.54, 1.807) is 6.92 Å². The molecule has 1 rings (SSSR count). The summed E-state index contributed by atoms with van der Waals surface area (Å²) < 4.78 is 28.9. The highest BCUT2D eigenvalue weighted by atomic mass is 79.9. The first kappa shape index (κ1) is 14.7. The lowest BCUT2D eigenvalue weighted by atomic mass is 10.1. The van der Waals surface area contributed by atoms with Crippen LogP contribution in [0.5, 0.6) is 0 Å². The zero-order valence-corrected chi connectivity index (χ0v) is 12.5. The van der Waals surface area contributed by atoms with Crippen molar-refractivity contribution in [2.45, 2.75) is 25.8 Å². The van der Waals surface area contributed by atoms with E-state index >= 15 is 0 Å². The largest absolute Gasteiger partial charge is 0.453 e. The highest BCUT2D eigenvalue weighted by Crippen LogP contribution is 2.23. The normalized spacial score (nSPS) is 13.8. The van der Waals surface area contributed by atoms with Crippen molar-refractivity contribution < 1.29 is 12.8 Å². The minimum absolute atomic E-state index is 0.0633. The lowest BCUT2D eigenvalue weighted by Gasteiger charge is -2.13. The van der Waals surface area contributed by atoms with Gasteiger partial charge in [0.15, 0.2) is 4.67 Å². The summed E-state index contributed by atoms with van der Waals surface area (Å²) in [5, 5.41) is 3.13. The van der Waals surface area contributed by atoms with Gasteiger partial charge >= 0.3 is 0 Å². The Labute approximate surface area is 111 Å². The minimum Gasteiger partial charge on any atom is -0.453 e. The zero-order chi connectivity index (χ0) is 12.9. The first-order chi connectivity index (χ1) is 7.98. The Hall–Kier alpha value is -0.330. The third kappa shape index (κ3) is 4.81. The Morgan fingerprint density at radius 3 is 2.65 bits per heavy atom. The van der Waals surface area contributed by atoms with E-state index in [4.69, 9.17) is 4.42 Å². The van der Waals surface area contributed by atoms with Crippen LogP contribution in [0.1, 0.15) is 31.6 Å². The van der Waals surface area contributed by atoms with Crippen LogP contribution in [0.3, 0.4) is 0 Å².